The van der Waals surface area contributed by atoms with Crippen molar-refractivity contribution in [2.24, 2.45) is 11.8 Å². The van der Waals surface area contributed by atoms with Gasteiger partial charge in [-0.25, -0.2) is 9.13 Å². The minimum atomic E-state index is -4.95. The van der Waals surface area contributed by atoms with Crippen LogP contribution >= 0.6 is 15.6 Å². The maximum Gasteiger partial charge on any atom is 0.472 e. The number of hydrogen-bond donors (Lipinski definition) is 3. The molecule has 3 N–H and O–H groups in total. The Morgan fingerprint density at radius 1 is 0.300 bits per heavy atom. The summed E-state index contributed by atoms with van der Waals surface area (Å²) in [4.78, 5) is 72.5. The highest BCUT2D eigenvalue weighted by Gasteiger charge is 2.30. The molecular formula is C71H138O17P2. The van der Waals surface area contributed by atoms with Gasteiger partial charge in [-0.3, -0.25) is 37.3 Å². The van der Waals surface area contributed by atoms with Gasteiger partial charge >= 0.3 is 39.5 Å². The summed E-state index contributed by atoms with van der Waals surface area (Å²) in [6.07, 6.45) is 48.6. The number of esters is 4. The first-order chi connectivity index (χ1) is 43.4. The lowest BCUT2D eigenvalue weighted by atomic mass is 10.0. The summed E-state index contributed by atoms with van der Waals surface area (Å²) in [5, 5.41) is 10.6. The summed E-state index contributed by atoms with van der Waals surface area (Å²) in [6, 6.07) is 0. The van der Waals surface area contributed by atoms with E-state index in [-0.39, 0.29) is 25.7 Å². The first-order valence-electron chi connectivity index (χ1n) is 37.0. The molecule has 0 aromatic rings. The van der Waals surface area contributed by atoms with E-state index in [1.54, 1.807) is 0 Å². The lowest BCUT2D eigenvalue weighted by molar-refractivity contribution is -0.161. The van der Waals surface area contributed by atoms with E-state index >= 15 is 0 Å². The van der Waals surface area contributed by atoms with Crippen molar-refractivity contribution < 1.29 is 80.2 Å². The van der Waals surface area contributed by atoms with Crippen molar-refractivity contribution in [1.82, 2.24) is 0 Å². The molecule has 0 radical (unpaired) electrons. The second kappa shape index (κ2) is 63.1. The third kappa shape index (κ3) is 64.8. The summed E-state index contributed by atoms with van der Waals surface area (Å²) in [7, 11) is -9.90. The summed E-state index contributed by atoms with van der Waals surface area (Å²) in [5.41, 5.74) is 0. The third-order valence-corrected chi connectivity index (χ3v) is 18.4. The standard InChI is InChI=1S/C71H138O17P2/c1-7-9-11-13-15-17-18-25-29-36-42-48-54-69(74)82-60-66(87-70(75)55-49-43-37-30-26-23-21-19-20-22-24-28-33-39-45-51-63(3)4)61-85-89(77,78)83-57-65(72)58-84-90(79,80)86-62-67(59-81-68(73)53-47-41-35-27-16-14-12-10-8-2)88-71(76)56-50-44-38-32-31-34-40-46-52-64(5)6/h63-67,72H,7-62H2,1-6H3,(H,77,78)(H,79,80)/t65-,66-,67-/m1/s1. The fraction of sp³-hybridized carbons (Fsp3) is 0.944. The summed E-state index contributed by atoms with van der Waals surface area (Å²) >= 11 is 0. The van der Waals surface area contributed by atoms with Crippen LogP contribution in [0.3, 0.4) is 0 Å². The summed E-state index contributed by atoms with van der Waals surface area (Å²) in [6.45, 7) is 9.53. The van der Waals surface area contributed by atoms with Crippen LogP contribution in [0.2, 0.25) is 0 Å². The molecule has 2 unspecified atom stereocenters. The average Bonchev–Trinajstić information content (AvgIpc) is 2.84. The normalized spacial score (nSPS) is 14.1. The molecule has 17 nitrogen and oxygen atoms in total. The molecule has 0 rings (SSSR count). The third-order valence-electron chi connectivity index (χ3n) is 16.5. The van der Waals surface area contributed by atoms with Crippen molar-refractivity contribution in [1.29, 1.82) is 0 Å². The quantitative estimate of drug-likeness (QED) is 0.0222. The summed E-state index contributed by atoms with van der Waals surface area (Å²) < 4.78 is 68.3. The molecule has 0 aliphatic carbocycles. The number of hydrogen-bond acceptors (Lipinski definition) is 15. The number of rotatable bonds is 70. The highest BCUT2D eigenvalue weighted by molar-refractivity contribution is 7.47. The van der Waals surface area contributed by atoms with Gasteiger partial charge < -0.3 is 33.8 Å². The van der Waals surface area contributed by atoms with E-state index in [9.17, 15) is 43.2 Å². The molecule has 0 aromatic carbocycles. The largest absolute Gasteiger partial charge is 0.472 e. The van der Waals surface area contributed by atoms with E-state index in [1.807, 2.05) is 0 Å². The minimum Gasteiger partial charge on any atom is -0.462 e. The SMILES string of the molecule is CCCCCCCCCCCCCCC(=O)OC[C@H](COP(=O)(O)OC[C@@H](O)COP(=O)(O)OC[C@@H](COC(=O)CCCCCCCCCCC)OC(=O)CCCCCCCCCCC(C)C)OC(=O)CCCCCCCCCCCCCCCCCC(C)C. The van der Waals surface area contributed by atoms with Crippen molar-refractivity contribution in [2.75, 3.05) is 39.6 Å². The molecule has 0 aliphatic heterocycles. The molecule has 534 valence electrons. The number of aliphatic hydroxyl groups excluding tert-OH is 1. The van der Waals surface area contributed by atoms with Gasteiger partial charge in [0, 0.05) is 25.7 Å². The predicted octanol–water partition coefficient (Wildman–Crippen LogP) is 20.4. The van der Waals surface area contributed by atoms with Crippen molar-refractivity contribution >= 4 is 39.5 Å². The Morgan fingerprint density at radius 2 is 0.511 bits per heavy atom. The molecule has 0 saturated carbocycles. The molecule has 0 heterocycles. The molecule has 19 heteroatoms. The number of phosphoric ester groups is 2. The van der Waals surface area contributed by atoms with Gasteiger partial charge in [0.05, 0.1) is 26.4 Å². The van der Waals surface area contributed by atoms with Crippen LogP contribution in [-0.2, 0) is 65.4 Å². The molecule has 0 saturated heterocycles. The number of aliphatic hydroxyl groups is 1. The molecule has 0 bridgehead atoms. The Labute approximate surface area is 549 Å². The number of phosphoric acid groups is 2. The molecule has 0 spiro atoms. The Hall–Kier alpha value is -1.94. The van der Waals surface area contributed by atoms with Gasteiger partial charge in [0.2, 0.25) is 0 Å². The number of carbonyl (C=O) groups excluding carboxylic acids is 4. The fourth-order valence-electron chi connectivity index (χ4n) is 10.8. The van der Waals surface area contributed by atoms with Crippen LogP contribution in [0, 0.1) is 11.8 Å². The van der Waals surface area contributed by atoms with E-state index in [1.165, 1.54) is 180 Å². The highest BCUT2D eigenvalue weighted by atomic mass is 31.2. The van der Waals surface area contributed by atoms with Gasteiger partial charge in [-0.15, -0.1) is 0 Å². The second-order valence-electron chi connectivity index (χ2n) is 26.6. The molecule has 90 heavy (non-hydrogen) atoms. The highest BCUT2D eigenvalue weighted by Crippen LogP contribution is 2.45. The number of ether oxygens (including phenoxy) is 4. The Morgan fingerprint density at radius 3 is 0.756 bits per heavy atom. The van der Waals surface area contributed by atoms with Crippen LogP contribution in [0.15, 0.2) is 0 Å². The molecule has 0 aliphatic rings. The van der Waals surface area contributed by atoms with Gasteiger partial charge in [-0.1, -0.05) is 311 Å². The average molecular weight is 1330 g/mol. The van der Waals surface area contributed by atoms with Gasteiger partial charge in [0.1, 0.15) is 19.3 Å². The van der Waals surface area contributed by atoms with Crippen molar-refractivity contribution in [3.63, 3.8) is 0 Å². The Bertz CT molecular complexity index is 1750. The van der Waals surface area contributed by atoms with E-state index in [4.69, 9.17) is 37.0 Å². The predicted molar refractivity (Wildman–Crippen MR) is 363 cm³/mol. The van der Waals surface area contributed by atoms with Crippen LogP contribution in [-0.4, -0.2) is 96.7 Å². The first-order valence-corrected chi connectivity index (χ1v) is 40.0. The zero-order valence-corrected chi connectivity index (χ0v) is 60.2. The molecular weight excluding hydrogens is 1190 g/mol. The van der Waals surface area contributed by atoms with Gasteiger partial charge in [0.25, 0.3) is 0 Å². The Balaban J connectivity index is 5.21. The lowest BCUT2D eigenvalue weighted by Crippen LogP contribution is -2.30. The van der Waals surface area contributed by atoms with Crippen LogP contribution in [0.4, 0.5) is 0 Å². The van der Waals surface area contributed by atoms with Crippen molar-refractivity contribution in [3.05, 3.63) is 0 Å². The Kier molecular flexibility index (Phi) is 61.8. The van der Waals surface area contributed by atoms with Gasteiger partial charge in [-0.05, 0) is 37.5 Å². The zero-order valence-electron chi connectivity index (χ0n) is 58.4. The summed E-state index contributed by atoms with van der Waals surface area (Å²) in [5.74, 6) is -0.603. The second-order valence-corrected chi connectivity index (χ2v) is 29.5. The van der Waals surface area contributed by atoms with E-state index in [0.29, 0.717) is 25.7 Å². The van der Waals surface area contributed by atoms with Crippen molar-refractivity contribution in [2.45, 2.75) is 381 Å². The number of unbranched alkanes of at least 4 members (excludes halogenated alkanes) is 40. The van der Waals surface area contributed by atoms with Crippen LogP contribution in [0.1, 0.15) is 363 Å². The molecule has 0 fully saturated rings. The topological polar surface area (TPSA) is 237 Å². The van der Waals surface area contributed by atoms with Gasteiger partial charge in [0.15, 0.2) is 12.2 Å². The fourth-order valence-corrected chi connectivity index (χ4v) is 12.3. The number of carbonyl (C=O) groups is 4. The first kappa shape index (κ1) is 88.1. The van der Waals surface area contributed by atoms with E-state index in [0.717, 1.165) is 102 Å². The van der Waals surface area contributed by atoms with E-state index < -0.39 is 97.5 Å². The monoisotopic (exact) mass is 1320 g/mol. The smallest absolute Gasteiger partial charge is 0.462 e. The lowest BCUT2D eigenvalue weighted by Gasteiger charge is -2.21. The zero-order chi connectivity index (χ0) is 66.5. The van der Waals surface area contributed by atoms with Crippen molar-refractivity contribution in [3.8, 4) is 0 Å². The minimum absolute atomic E-state index is 0.105. The van der Waals surface area contributed by atoms with Crippen LogP contribution in [0.25, 0.3) is 0 Å². The molecule has 5 atom stereocenters. The van der Waals surface area contributed by atoms with Gasteiger partial charge in [-0.2, -0.15) is 0 Å². The maximum atomic E-state index is 13.0. The molecule has 0 amide bonds. The van der Waals surface area contributed by atoms with E-state index in [2.05, 4.69) is 41.5 Å². The molecule has 0 aromatic heterocycles. The maximum absolute atomic E-state index is 13.0. The van der Waals surface area contributed by atoms with Crippen LogP contribution in [0.5, 0.6) is 0 Å². The van der Waals surface area contributed by atoms with Crippen LogP contribution < -0.4 is 0 Å².